The molecular formula is C9H12N4O4S. The molecule has 1 N–H and O–H groups in total. The lowest BCUT2D eigenvalue weighted by atomic mass is 10.4. The number of hydrogen-bond acceptors (Lipinski definition) is 8. The summed E-state index contributed by atoms with van der Waals surface area (Å²) in [5, 5.41) is 13.7. The summed E-state index contributed by atoms with van der Waals surface area (Å²) >= 11 is 1.25. The average molecular weight is 272 g/mol. The van der Waals surface area contributed by atoms with Gasteiger partial charge in [-0.1, -0.05) is 11.8 Å². The minimum atomic E-state index is -0.613. The summed E-state index contributed by atoms with van der Waals surface area (Å²) in [5.41, 5.74) is -0.280. The van der Waals surface area contributed by atoms with Gasteiger partial charge in [0.25, 0.3) is 0 Å². The van der Waals surface area contributed by atoms with Crippen LogP contribution in [-0.4, -0.2) is 40.3 Å². The van der Waals surface area contributed by atoms with Gasteiger partial charge in [0, 0.05) is 0 Å². The van der Waals surface area contributed by atoms with E-state index in [1.807, 2.05) is 0 Å². The molecule has 1 rings (SSSR count). The van der Waals surface area contributed by atoms with Crippen molar-refractivity contribution < 1.29 is 14.5 Å². The Morgan fingerprint density at radius 3 is 2.94 bits per heavy atom. The predicted octanol–water partition coefficient (Wildman–Crippen LogP) is 1.08. The lowest BCUT2D eigenvalue weighted by molar-refractivity contribution is -0.384. The summed E-state index contributed by atoms with van der Waals surface area (Å²) in [6.45, 7) is 1.75. The molecule has 0 radical (unpaired) electrons. The summed E-state index contributed by atoms with van der Waals surface area (Å²) < 4.78 is 4.70. The van der Waals surface area contributed by atoms with Gasteiger partial charge in [-0.25, -0.2) is 4.98 Å². The van der Waals surface area contributed by atoms with Crippen LogP contribution in [0.3, 0.4) is 0 Å². The van der Waals surface area contributed by atoms with Crippen LogP contribution in [0.5, 0.6) is 0 Å². The highest BCUT2D eigenvalue weighted by Crippen LogP contribution is 2.22. The molecule has 1 aromatic rings. The molecule has 0 aromatic carbocycles. The van der Waals surface area contributed by atoms with E-state index in [1.54, 1.807) is 13.2 Å². The quantitative estimate of drug-likeness (QED) is 0.269. The molecule has 0 amide bonds. The number of rotatable bonds is 6. The molecule has 0 unspecified atom stereocenters. The van der Waals surface area contributed by atoms with Crippen molar-refractivity contribution in [2.45, 2.75) is 12.1 Å². The van der Waals surface area contributed by atoms with E-state index in [0.717, 1.165) is 6.20 Å². The maximum absolute atomic E-state index is 11.1. The Hall–Kier alpha value is -1.90. The van der Waals surface area contributed by atoms with Crippen LogP contribution in [0.15, 0.2) is 11.4 Å². The van der Waals surface area contributed by atoms with Crippen molar-refractivity contribution in [2.75, 3.05) is 24.7 Å². The molecule has 0 bridgehead atoms. The van der Waals surface area contributed by atoms with E-state index in [0.29, 0.717) is 5.16 Å². The van der Waals surface area contributed by atoms with E-state index >= 15 is 0 Å². The number of nitrogens with zero attached hydrogens (tertiary/aromatic N) is 3. The van der Waals surface area contributed by atoms with Crippen molar-refractivity contribution in [1.29, 1.82) is 0 Å². The molecule has 0 aliphatic heterocycles. The number of hydrogen-bond donors (Lipinski definition) is 1. The minimum Gasteiger partial charge on any atom is -0.465 e. The van der Waals surface area contributed by atoms with Crippen LogP contribution in [0.25, 0.3) is 0 Å². The first-order valence-electron chi connectivity index (χ1n) is 5.03. The Balaban J connectivity index is 2.84. The zero-order valence-corrected chi connectivity index (χ0v) is 10.7. The Kier molecular flexibility index (Phi) is 5.31. The number of esters is 1. The lowest BCUT2D eigenvalue weighted by Crippen LogP contribution is -2.18. The summed E-state index contributed by atoms with van der Waals surface area (Å²) in [4.78, 5) is 29.0. The van der Waals surface area contributed by atoms with Crippen LogP contribution in [0.2, 0.25) is 0 Å². The number of carbonyl (C=O) groups is 1. The maximum atomic E-state index is 11.1. The van der Waals surface area contributed by atoms with Gasteiger partial charge in [0.15, 0.2) is 5.16 Å². The highest BCUT2D eigenvalue weighted by Gasteiger charge is 2.17. The molecule has 0 spiro atoms. The summed E-state index contributed by atoms with van der Waals surface area (Å²) in [6, 6.07) is 0. The highest BCUT2D eigenvalue weighted by molar-refractivity contribution is 7.98. The van der Waals surface area contributed by atoms with Gasteiger partial charge in [-0.15, -0.1) is 0 Å². The van der Waals surface area contributed by atoms with E-state index in [2.05, 4.69) is 15.3 Å². The largest absolute Gasteiger partial charge is 0.465 e. The number of anilines is 1. The smallest absolute Gasteiger partial charge is 0.329 e. The number of carbonyl (C=O) groups excluding carboxylic acids is 1. The Labute approximate surface area is 107 Å². The van der Waals surface area contributed by atoms with E-state index < -0.39 is 10.9 Å². The number of thioether (sulfide) groups is 1. The van der Waals surface area contributed by atoms with Crippen molar-refractivity contribution in [2.24, 2.45) is 0 Å². The molecule has 0 saturated heterocycles. The Bertz CT molecular complexity index is 454. The topological polar surface area (TPSA) is 107 Å². The fourth-order valence-corrected chi connectivity index (χ4v) is 1.43. The van der Waals surface area contributed by atoms with Crippen LogP contribution in [0.1, 0.15) is 6.92 Å². The molecule has 0 atom stereocenters. The van der Waals surface area contributed by atoms with Gasteiger partial charge < -0.3 is 10.1 Å². The maximum Gasteiger partial charge on any atom is 0.329 e. The predicted molar refractivity (Wildman–Crippen MR) is 65.6 cm³/mol. The number of nitro groups is 1. The zero-order valence-electron chi connectivity index (χ0n) is 9.87. The molecule has 98 valence electrons. The first-order valence-corrected chi connectivity index (χ1v) is 6.25. The third-order valence-electron chi connectivity index (χ3n) is 1.83. The van der Waals surface area contributed by atoms with Gasteiger partial charge in [-0.2, -0.15) is 4.98 Å². The number of ether oxygens (including phenoxy) is 1. The van der Waals surface area contributed by atoms with Gasteiger partial charge in [0.05, 0.1) is 11.5 Å². The van der Waals surface area contributed by atoms with Gasteiger partial charge in [-0.3, -0.25) is 14.9 Å². The fraction of sp³-hybridized carbons (Fsp3) is 0.444. The van der Waals surface area contributed by atoms with Crippen LogP contribution in [0, 0.1) is 10.1 Å². The molecule has 0 aliphatic rings. The van der Waals surface area contributed by atoms with Crippen molar-refractivity contribution in [1.82, 2.24) is 9.97 Å². The van der Waals surface area contributed by atoms with Crippen LogP contribution in [-0.2, 0) is 9.53 Å². The van der Waals surface area contributed by atoms with Crippen LogP contribution < -0.4 is 5.32 Å². The van der Waals surface area contributed by atoms with Gasteiger partial charge in [-0.05, 0) is 13.2 Å². The number of aromatic nitrogens is 2. The van der Waals surface area contributed by atoms with Gasteiger partial charge in [0.2, 0.25) is 5.82 Å². The number of nitrogens with one attached hydrogen (secondary N) is 1. The average Bonchev–Trinajstić information content (AvgIpc) is 2.36. The van der Waals surface area contributed by atoms with Crippen molar-refractivity contribution in [3.8, 4) is 0 Å². The van der Waals surface area contributed by atoms with Crippen molar-refractivity contribution >= 4 is 29.2 Å². The second-order valence-corrected chi connectivity index (χ2v) is 3.78. The molecule has 8 nitrogen and oxygen atoms in total. The lowest BCUT2D eigenvalue weighted by Gasteiger charge is -2.06. The zero-order chi connectivity index (χ0) is 13.5. The molecule has 9 heteroatoms. The van der Waals surface area contributed by atoms with Gasteiger partial charge in [0.1, 0.15) is 12.7 Å². The first-order chi connectivity index (χ1) is 8.58. The molecule has 1 aromatic heterocycles. The van der Waals surface area contributed by atoms with E-state index in [-0.39, 0.29) is 24.7 Å². The standard InChI is InChI=1S/C9H12N4O4S/c1-3-17-7(14)5-10-8-6(13(15)16)4-11-9(12-8)18-2/h4H,3,5H2,1-2H3,(H,10,11,12). The monoisotopic (exact) mass is 272 g/mol. The third kappa shape index (κ3) is 3.84. The highest BCUT2D eigenvalue weighted by atomic mass is 32.2. The molecular weight excluding hydrogens is 260 g/mol. The second kappa shape index (κ2) is 6.74. The summed E-state index contributed by atoms with van der Waals surface area (Å²) in [7, 11) is 0. The third-order valence-corrected chi connectivity index (χ3v) is 2.39. The van der Waals surface area contributed by atoms with E-state index in [9.17, 15) is 14.9 Å². The summed E-state index contributed by atoms with van der Waals surface area (Å²) in [6.07, 6.45) is 2.85. The first kappa shape index (κ1) is 14.2. The molecule has 1 heterocycles. The van der Waals surface area contributed by atoms with E-state index in [1.165, 1.54) is 11.8 Å². The fourth-order valence-electron chi connectivity index (χ4n) is 1.09. The molecule has 0 aliphatic carbocycles. The molecule has 0 fully saturated rings. The van der Waals surface area contributed by atoms with Crippen LogP contribution in [0.4, 0.5) is 11.5 Å². The Morgan fingerprint density at radius 1 is 1.67 bits per heavy atom. The molecule has 0 saturated carbocycles. The second-order valence-electron chi connectivity index (χ2n) is 3.01. The van der Waals surface area contributed by atoms with Crippen LogP contribution >= 0.6 is 11.8 Å². The van der Waals surface area contributed by atoms with Crippen molar-refractivity contribution in [3.05, 3.63) is 16.3 Å². The SMILES string of the molecule is CCOC(=O)CNc1nc(SC)ncc1[N+](=O)[O-]. The Morgan fingerprint density at radius 2 is 2.39 bits per heavy atom. The normalized spacial score (nSPS) is 9.89. The minimum absolute atomic E-state index is 0.00685. The summed E-state index contributed by atoms with van der Waals surface area (Å²) in [5.74, 6) is -0.497. The van der Waals surface area contributed by atoms with Gasteiger partial charge >= 0.3 is 11.7 Å². The van der Waals surface area contributed by atoms with Crippen molar-refractivity contribution in [3.63, 3.8) is 0 Å². The van der Waals surface area contributed by atoms with E-state index in [4.69, 9.17) is 4.74 Å². The molecule has 18 heavy (non-hydrogen) atoms.